The van der Waals surface area contributed by atoms with Crippen LogP contribution in [0.5, 0.6) is 0 Å². The SMILES string of the molecule is Fc1ccc(Cl)c(CNCc2cccc(C(F)(F)F)c2)c1. The number of hydrogen-bond acceptors (Lipinski definition) is 1. The van der Waals surface area contributed by atoms with Crippen molar-refractivity contribution in [3.63, 3.8) is 0 Å². The summed E-state index contributed by atoms with van der Waals surface area (Å²) in [5.41, 5.74) is 0.367. The van der Waals surface area contributed by atoms with Crippen LogP contribution >= 0.6 is 11.6 Å². The summed E-state index contributed by atoms with van der Waals surface area (Å²) in [6.07, 6.45) is -4.36. The second kappa shape index (κ2) is 6.45. The van der Waals surface area contributed by atoms with E-state index in [2.05, 4.69) is 5.32 Å². The largest absolute Gasteiger partial charge is 0.416 e. The van der Waals surface area contributed by atoms with Crippen LogP contribution in [0.2, 0.25) is 5.02 Å². The topological polar surface area (TPSA) is 12.0 Å². The molecule has 0 bridgehead atoms. The maximum absolute atomic E-state index is 13.1. The second-order valence-corrected chi connectivity index (χ2v) is 4.94. The Kier molecular flexibility index (Phi) is 4.85. The molecule has 0 atom stereocenters. The van der Waals surface area contributed by atoms with Gasteiger partial charge in [0.15, 0.2) is 0 Å². The van der Waals surface area contributed by atoms with Crippen molar-refractivity contribution in [2.24, 2.45) is 0 Å². The highest BCUT2D eigenvalue weighted by Crippen LogP contribution is 2.29. The number of alkyl halides is 3. The van der Waals surface area contributed by atoms with Gasteiger partial charge in [-0.1, -0.05) is 29.8 Å². The van der Waals surface area contributed by atoms with Crippen LogP contribution in [-0.4, -0.2) is 0 Å². The van der Waals surface area contributed by atoms with E-state index in [1.165, 1.54) is 24.3 Å². The van der Waals surface area contributed by atoms with Gasteiger partial charge in [0.25, 0.3) is 0 Å². The van der Waals surface area contributed by atoms with E-state index in [0.29, 0.717) is 16.1 Å². The number of hydrogen-bond donors (Lipinski definition) is 1. The van der Waals surface area contributed by atoms with Gasteiger partial charge in [0.2, 0.25) is 0 Å². The fourth-order valence-electron chi connectivity index (χ4n) is 1.88. The summed E-state index contributed by atoms with van der Waals surface area (Å²) in [7, 11) is 0. The molecule has 2 aromatic rings. The number of benzene rings is 2. The molecule has 0 aliphatic carbocycles. The van der Waals surface area contributed by atoms with E-state index in [1.807, 2.05) is 0 Å². The molecule has 0 aliphatic rings. The highest BCUT2D eigenvalue weighted by molar-refractivity contribution is 6.31. The van der Waals surface area contributed by atoms with Crippen LogP contribution in [0.4, 0.5) is 17.6 Å². The smallest absolute Gasteiger partial charge is 0.309 e. The van der Waals surface area contributed by atoms with Crippen LogP contribution < -0.4 is 5.32 Å². The van der Waals surface area contributed by atoms with Gasteiger partial charge >= 0.3 is 6.18 Å². The van der Waals surface area contributed by atoms with Crippen LogP contribution in [-0.2, 0) is 19.3 Å². The van der Waals surface area contributed by atoms with Crippen molar-refractivity contribution in [1.82, 2.24) is 5.32 Å². The standard InChI is InChI=1S/C15H12ClF4N/c16-14-5-4-13(17)7-11(14)9-21-8-10-2-1-3-12(6-10)15(18,19)20/h1-7,21H,8-9H2. The Bertz CT molecular complexity index is 625. The van der Waals surface area contributed by atoms with Crippen molar-refractivity contribution in [3.05, 3.63) is 70.0 Å². The molecule has 0 unspecified atom stereocenters. The highest BCUT2D eigenvalue weighted by atomic mass is 35.5. The lowest BCUT2D eigenvalue weighted by atomic mass is 10.1. The molecule has 0 spiro atoms. The first kappa shape index (κ1) is 15.8. The average molecular weight is 318 g/mol. The van der Waals surface area contributed by atoms with Crippen LogP contribution in [0, 0.1) is 5.82 Å². The van der Waals surface area contributed by atoms with E-state index in [-0.39, 0.29) is 13.1 Å². The first-order chi connectivity index (χ1) is 9.86. The molecular weight excluding hydrogens is 306 g/mol. The van der Waals surface area contributed by atoms with E-state index < -0.39 is 17.6 Å². The van der Waals surface area contributed by atoms with E-state index in [4.69, 9.17) is 11.6 Å². The van der Waals surface area contributed by atoms with Gasteiger partial charge in [0.05, 0.1) is 5.56 Å². The van der Waals surface area contributed by atoms with Gasteiger partial charge in [-0.15, -0.1) is 0 Å². The minimum absolute atomic E-state index is 0.233. The van der Waals surface area contributed by atoms with E-state index in [0.717, 1.165) is 12.1 Å². The Hall–Kier alpha value is -1.59. The van der Waals surface area contributed by atoms with Gasteiger partial charge in [-0.05, 0) is 35.4 Å². The average Bonchev–Trinajstić information content (AvgIpc) is 2.42. The monoisotopic (exact) mass is 317 g/mol. The van der Waals surface area contributed by atoms with Crippen LogP contribution in [0.25, 0.3) is 0 Å². The molecule has 0 fully saturated rings. The second-order valence-electron chi connectivity index (χ2n) is 4.54. The summed E-state index contributed by atoms with van der Waals surface area (Å²) in [6, 6.07) is 9.04. The fraction of sp³-hybridized carbons (Fsp3) is 0.200. The molecule has 21 heavy (non-hydrogen) atoms. The normalized spacial score (nSPS) is 11.7. The maximum atomic E-state index is 13.1. The van der Waals surface area contributed by atoms with Gasteiger partial charge in [-0.3, -0.25) is 0 Å². The number of nitrogens with one attached hydrogen (secondary N) is 1. The van der Waals surface area contributed by atoms with Gasteiger partial charge in [-0.25, -0.2) is 4.39 Å². The van der Waals surface area contributed by atoms with Crippen molar-refractivity contribution >= 4 is 11.6 Å². The minimum atomic E-state index is -4.36. The predicted molar refractivity (Wildman–Crippen MR) is 73.4 cm³/mol. The summed E-state index contributed by atoms with van der Waals surface area (Å²) in [6.45, 7) is 0.504. The lowest BCUT2D eigenvalue weighted by Gasteiger charge is -2.10. The van der Waals surface area contributed by atoms with Crippen molar-refractivity contribution < 1.29 is 17.6 Å². The van der Waals surface area contributed by atoms with Crippen molar-refractivity contribution in [2.75, 3.05) is 0 Å². The summed E-state index contributed by atoms with van der Waals surface area (Å²) >= 11 is 5.91. The molecule has 0 radical (unpaired) electrons. The molecule has 1 nitrogen and oxygen atoms in total. The summed E-state index contributed by atoms with van der Waals surface area (Å²) < 4.78 is 50.8. The lowest BCUT2D eigenvalue weighted by Crippen LogP contribution is -2.14. The summed E-state index contributed by atoms with van der Waals surface area (Å²) in [5.74, 6) is -0.407. The van der Waals surface area contributed by atoms with Crippen LogP contribution in [0.15, 0.2) is 42.5 Å². The van der Waals surface area contributed by atoms with Gasteiger partial charge < -0.3 is 5.32 Å². The molecule has 0 aromatic heterocycles. The molecule has 6 heteroatoms. The highest BCUT2D eigenvalue weighted by Gasteiger charge is 2.30. The minimum Gasteiger partial charge on any atom is -0.309 e. The third kappa shape index (κ3) is 4.44. The third-order valence-corrected chi connectivity index (χ3v) is 3.28. The summed E-state index contributed by atoms with van der Waals surface area (Å²) in [4.78, 5) is 0. The van der Waals surface area contributed by atoms with E-state index in [9.17, 15) is 17.6 Å². The Morgan fingerprint density at radius 3 is 2.48 bits per heavy atom. The Labute approximate surface area is 124 Å². The van der Waals surface area contributed by atoms with Gasteiger partial charge in [-0.2, -0.15) is 13.2 Å². The van der Waals surface area contributed by atoms with E-state index >= 15 is 0 Å². The molecule has 1 N–H and O–H groups in total. The lowest BCUT2D eigenvalue weighted by molar-refractivity contribution is -0.137. The summed E-state index contributed by atoms with van der Waals surface area (Å²) in [5, 5.41) is 3.36. The first-order valence-electron chi connectivity index (χ1n) is 6.17. The van der Waals surface area contributed by atoms with Gasteiger partial charge in [0, 0.05) is 18.1 Å². The zero-order valence-corrected chi connectivity index (χ0v) is 11.6. The molecule has 112 valence electrons. The molecular formula is C15H12ClF4N. The van der Waals surface area contributed by atoms with Crippen molar-refractivity contribution in [1.29, 1.82) is 0 Å². The quantitative estimate of drug-likeness (QED) is 0.800. The zero-order chi connectivity index (χ0) is 15.5. The van der Waals surface area contributed by atoms with Crippen molar-refractivity contribution in [3.8, 4) is 0 Å². The molecule has 2 aromatic carbocycles. The number of halogens is 5. The first-order valence-corrected chi connectivity index (χ1v) is 6.55. The third-order valence-electron chi connectivity index (χ3n) is 2.91. The molecule has 2 rings (SSSR count). The molecule has 0 aliphatic heterocycles. The zero-order valence-electron chi connectivity index (χ0n) is 10.8. The molecule has 0 heterocycles. The maximum Gasteiger partial charge on any atom is 0.416 e. The predicted octanol–water partition coefficient (Wildman–Crippen LogP) is 4.79. The van der Waals surface area contributed by atoms with Crippen LogP contribution in [0.3, 0.4) is 0 Å². The Morgan fingerprint density at radius 1 is 1.00 bits per heavy atom. The molecule has 0 saturated heterocycles. The van der Waals surface area contributed by atoms with Crippen molar-refractivity contribution in [2.45, 2.75) is 19.3 Å². The Morgan fingerprint density at radius 2 is 1.76 bits per heavy atom. The molecule has 0 amide bonds. The Balaban J connectivity index is 1.99. The molecule has 0 saturated carbocycles. The van der Waals surface area contributed by atoms with E-state index in [1.54, 1.807) is 6.07 Å². The number of rotatable bonds is 4. The fourth-order valence-corrected chi connectivity index (χ4v) is 2.06. The van der Waals surface area contributed by atoms with Crippen LogP contribution in [0.1, 0.15) is 16.7 Å². The van der Waals surface area contributed by atoms with Gasteiger partial charge in [0.1, 0.15) is 5.82 Å².